The minimum Gasteiger partial charge on any atom is -0.748 e. The number of rotatable bonds is 8. The fraction of sp³-hybridized carbons (Fsp3) is 0.533. The molecule has 0 bridgehead atoms. The third-order valence-electron chi connectivity index (χ3n) is 2.56. The number of quaternary nitrogens is 1. The highest BCUT2D eigenvalue weighted by Crippen LogP contribution is 2.12. The standard InChI is InChI=1S/C14H22N2O3.CH4O3S/c1-2-18-14(17)16-10-4-3-5-11-19-13-8-6-12(15)7-9-13;1-5(2,3)4/h6-9H,2-5,10-11,15H2,1H3,(H,16,17);1H3,(H,2,3,4). The fourth-order valence-electron chi connectivity index (χ4n) is 1.55. The van der Waals surface area contributed by atoms with E-state index in [0.717, 1.165) is 30.7 Å². The molecule has 9 heteroatoms. The van der Waals surface area contributed by atoms with Crippen LogP contribution in [-0.2, 0) is 14.9 Å². The molecule has 1 rings (SSSR count). The van der Waals surface area contributed by atoms with Gasteiger partial charge in [0.05, 0.1) is 23.3 Å². The number of alkyl carbamates (subject to hydrolysis) is 1. The molecule has 1 amide bonds. The zero-order chi connectivity index (χ0) is 18.4. The predicted octanol–water partition coefficient (Wildman–Crippen LogP) is 1.02. The van der Waals surface area contributed by atoms with Gasteiger partial charge >= 0.3 is 6.09 Å². The van der Waals surface area contributed by atoms with Crippen molar-refractivity contribution in [2.24, 2.45) is 0 Å². The fourth-order valence-corrected chi connectivity index (χ4v) is 1.55. The number of benzene rings is 1. The minimum absolute atomic E-state index is 0.341. The zero-order valence-corrected chi connectivity index (χ0v) is 14.9. The van der Waals surface area contributed by atoms with Crippen molar-refractivity contribution >= 4 is 21.9 Å². The molecule has 138 valence electrons. The summed E-state index contributed by atoms with van der Waals surface area (Å²) in [7, 11) is -3.92. The van der Waals surface area contributed by atoms with Gasteiger partial charge in [-0.1, -0.05) is 0 Å². The van der Waals surface area contributed by atoms with Crippen molar-refractivity contribution in [2.45, 2.75) is 26.2 Å². The van der Waals surface area contributed by atoms with Gasteiger partial charge in [-0.3, -0.25) is 0 Å². The van der Waals surface area contributed by atoms with Gasteiger partial charge in [0.1, 0.15) is 11.4 Å². The molecule has 1 aromatic carbocycles. The van der Waals surface area contributed by atoms with Crippen LogP contribution in [0.3, 0.4) is 0 Å². The van der Waals surface area contributed by atoms with Crippen molar-refractivity contribution in [3.05, 3.63) is 24.3 Å². The van der Waals surface area contributed by atoms with E-state index in [1.54, 1.807) is 6.92 Å². The second kappa shape index (κ2) is 12.6. The molecule has 0 aromatic heterocycles. The van der Waals surface area contributed by atoms with Gasteiger partial charge < -0.3 is 25.1 Å². The largest absolute Gasteiger partial charge is 0.748 e. The predicted molar refractivity (Wildman–Crippen MR) is 89.0 cm³/mol. The average Bonchev–Trinajstić information content (AvgIpc) is 2.47. The lowest BCUT2D eigenvalue weighted by Gasteiger charge is -2.06. The van der Waals surface area contributed by atoms with Gasteiger partial charge in [-0.25, -0.2) is 13.2 Å². The van der Waals surface area contributed by atoms with E-state index < -0.39 is 10.1 Å². The Morgan fingerprint density at radius 3 is 2.33 bits per heavy atom. The highest BCUT2D eigenvalue weighted by Gasteiger charge is 1.98. The van der Waals surface area contributed by atoms with E-state index in [1.165, 1.54) is 0 Å². The summed E-state index contributed by atoms with van der Waals surface area (Å²) in [6.07, 6.45) is 3.18. The van der Waals surface area contributed by atoms with E-state index in [-0.39, 0.29) is 6.09 Å². The molecule has 24 heavy (non-hydrogen) atoms. The molecule has 0 aliphatic rings. The summed E-state index contributed by atoms with van der Waals surface area (Å²) in [5.74, 6) is 0.872. The Labute approximate surface area is 143 Å². The first-order valence-corrected chi connectivity index (χ1v) is 9.40. The SMILES string of the molecule is CCOC(=O)NCCCCCOc1ccc([NH3+])cc1.CS(=O)(=O)[O-]. The Morgan fingerprint density at radius 1 is 1.21 bits per heavy atom. The third kappa shape index (κ3) is 16.5. The lowest BCUT2D eigenvalue weighted by atomic mass is 10.2. The summed E-state index contributed by atoms with van der Waals surface area (Å²) in [5.41, 5.74) is 4.80. The monoisotopic (exact) mass is 362 g/mol. The molecule has 0 unspecified atom stereocenters. The average molecular weight is 362 g/mol. The molecule has 0 atom stereocenters. The Hall–Kier alpha value is -1.84. The maximum absolute atomic E-state index is 11.0. The molecule has 8 nitrogen and oxygen atoms in total. The van der Waals surface area contributed by atoms with Gasteiger partial charge in [-0.15, -0.1) is 0 Å². The van der Waals surface area contributed by atoms with Crippen LogP contribution >= 0.6 is 0 Å². The summed E-state index contributed by atoms with van der Waals surface area (Å²) in [4.78, 5) is 11.0. The van der Waals surface area contributed by atoms with Crippen LogP contribution in [-0.4, -0.2) is 45.1 Å². The molecule has 0 aliphatic heterocycles. The molecule has 0 fully saturated rings. The number of hydrogen-bond donors (Lipinski definition) is 2. The molecule has 0 heterocycles. The molecule has 4 N–H and O–H groups in total. The summed E-state index contributed by atoms with van der Waals surface area (Å²) >= 11 is 0. The maximum Gasteiger partial charge on any atom is 0.407 e. The van der Waals surface area contributed by atoms with Crippen molar-refractivity contribution in [3.8, 4) is 5.75 Å². The molecule has 0 radical (unpaired) electrons. The Balaban J connectivity index is 0.000000922. The Kier molecular flexibility index (Phi) is 11.6. The third-order valence-corrected chi connectivity index (χ3v) is 2.56. The zero-order valence-electron chi connectivity index (χ0n) is 14.1. The van der Waals surface area contributed by atoms with Crippen molar-refractivity contribution < 1.29 is 33.0 Å². The number of hydrogen-bond acceptors (Lipinski definition) is 6. The van der Waals surface area contributed by atoms with E-state index in [9.17, 15) is 4.79 Å². The molecule has 0 aliphatic carbocycles. The van der Waals surface area contributed by atoms with Crippen LogP contribution in [0.25, 0.3) is 0 Å². The van der Waals surface area contributed by atoms with Crippen LogP contribution in [0.2, 0.25) is 0 Å². The summed E-state index contributed by atoms with van der Waals surface area (Å²) < 4.78 is 37.6. The number of unbranched alkanes of at least 4 members (excludes halogenated alkanes) is 2. The van der Waals surface area contributed by atoms with Crippen molar-refractivity contribution in [2.75, 3.05) is 26.0 Å². The molecule has 0 saturated carbocycles. The van der Waals surface area contributed by atoms with Crippen LogP contribution in [0.5, 0.6) is 5.75 Å². The summed E-state index contributed by atoms with van der Waals surface area (Å²) in [6, 6.07) is 7.70. The number of carbonyl (C=O) groups excluding carboxylic acids is 1. The van der Waals surface area contributed by atoms with Gasteiger partial charge in [0.2, 0.25) is 0 Å². The van der Waals surface area contributed by atoms with Crippen LogP contribution < -0.4 is 15.8 Å². The lowest BCUT2D eigenvalue weighted by Crippen LogP contribution is -2.39. The number of carbonyl (C=O) groups is 1. The van der Waals surface area contributed by atoms with Crippen molar-refractivity contribution in [1.29, 1.82) is 0 Å². The number of ether oxygens (including phenoxy) is 2. The first-order valence-electron chi connectivity index (χ1n) is 7.58. The first kappa shape index (κ1) is 22.2. The highest BCUT2D eigenvalue weighted by molar-refractivity contribution is 7.84. The van der Waals surface area contributed by atoms with Gasteiger partial charge in [0, 0.05) is 24.9 Å². The van der Waals surface area contributed by atoms with Gasteiger partial charge in [-0.2, -0.15) is 0 Å². The molecular weight excluding hydrogens is 336 g/mol. The molecule has 0 spiro atoms. The number of nitrogens with one attached hydrogen (secondary N) is 1. The highest BCUT2D eigenvalue weighted by atomic mass is 32.2. The molecule has 1 aromatic rings. The first-order chi connectivity index (χ1) is 11.2. The molecule has 0 saturated heterocycles. The van der Waals surface area contributed by atoms with Gasteiger partial charge in [-0.05, 0) is 38.3 Å². The second-order valence-corrected chi connectivity index (χ2v) is 6.31. The van der Waals surface area contributed by atoms with E-state index in [4.69, 9.17) is 22.4 Å². The normalized spacial score (nSPS) is 10.3. The Morgan fingerprint density at radius 2 is 1.79 bits per heavy atom. The maximum atomic E-state index is 11.0. The van der Waals surface area contributed by atoms with E-state index in [0.29, 0.717) is 26.0 Å². The molecular formula is C15H26N2O6S. The van der Waals surface area contributed by atoms with E-state index >= 15 is 0 Å². The lowest BCUT2D eigenvalue weighted by molar-refractivity contribution is -0.254. The Bertz CT molecular complexity index is 552. The van der Waals surface area contributed by atoms with Gasteiger partial charge in [0.25, 0.3) is 0 Å². The second-order valence-electron chi connectivity index (χ2n) is 4.90. The number of amides is 1. The summed E-state index contributed by atoms with van der Waals surface area (Å²) in [6.45, 7) is 3.54. The summed E-state index contributed by atoms with van der Waals surface area (Å²) in [5, 5.41) is 2.69. The van der Waals surface area contributed by atoms with Crippen molar-refractivity contribution in [3.63, 3.8) is 0 Å². The van der Waals surface area contributed by atoms with Crippen LogP contribution in [0.4, 0.5) is 10.5 Å². The van der Waals surface area contributed by atoms with E-state index in [2.05, 4.69) is 11.1 Å². The van der Waals surface area contributed by atoms with E-state index in [1.807, 2.05) is 24.3 Å². The van der Waals surface area contributed by atoms with Gasteiger partial charge in [0.15, 0.2) is 0 Å². The van der Waals surface area contributed by atoms with Crippen LogP contribution in [0, 0.1) is 0 Å². The smallest absolute Gasteiger partial charge is 0.407 e. The minimum atomic E-state index is -3.92. The van der Waals surface area contributed by atoms with Crippen molar-refractivity contribution in [1.82, 2.24) is 5.32 Å². The van der Waals surface area contributed by atoms with Crippen LogP contribution in [0.15, 0.2) is 24.3 Å². The van der Waals surface area contributed by atoms with Crippen LogP contribution in [0.1, 0.15) is 26.2 Å². The quantitative estimate of drug-likeness (QED) is 0.524. The topological polar surface area (TPSA) is 132 Å².